The number of hydrogen-bond donors (Lipinski definition) is 0. The van der Waals surface area contributed by atoms with Gasteiger partial charge in [0.1, 0.15) is 0 Å². The second-order valence-electron chi connectivity index (χ2n) is 6.36. The van der Waals surface area contributed by atoms with E-state index in [-0.39, 0.29) is 12.4 Å². The molecule has 1 aromatic rings. The first-order valence-corrected chi connectivity index (χ1v) is 8.27. The Balaban J connectivity index is 2.49. The predicted molar refractivity (Wildman–Crippen MR) is 91.9 cm³/mol. The SMILES string of the molecule is CCc1cc(Br)ccc1C=C1C(=O)C(C)(COC)OC1(C)C. The number of aryl methyl sites for hydroxylation is 1. The third-order valence-corrected chi connectivity index (χ3v) is 4.55. The number of rotatable bonds is 4. The van der Waals surface area contributed by atoms with E-state index >= 15 is 0 Å². The van der Waals surface area contributed by atoms with Crippen LogP contribution in [-0.2, 0) is 20.7 Å². The Morgan fingerprint density at radius 2 is 2.00 bits per heavy atom. The van der Waals surface area contributed by atoms with Crippen LogP contribution in [0.25, 0.3) is 6.08 Å². The van der Waals surface area contributed by atoms with E-state index in [0.29, 0.717) is 5.57 Å². The quantitative estimate of drug-likeness (QED) is 0.749. The van der Waals surface area contributed by atoms with Gasteiger partial charge in [-0.25, -0.2) is 0 Å². The van der Waals surface area contributed by atoms with Crippen LogP contribution in [0.1, 0.15) is 38.8 Å². The number of methoxy groups -OCH3 is 1. The van der Waals surface area contributed by atoms with E-state index in [1.807, 2.05) is 32.1 Å². The monoisotopic (exact) mass is 366 g/mol. The summed E-state index contributed by atoms with van der Waals surface area (Å²) in [7, 11) is 1.58. The smallest absolute Gasteiger partial charge is 0.195 e. The van der Waals surface area contributed by atoms with E-state index < -0.39 is 11.2 Å². The summed E-state index contributed by atoms with van der Waals surface area (Å²) in [6.45, 7) is 8.03. The van der Waals surface area contributed by atoms with Crippen LogP contribution >= 0.6 is 15.9 Å². The minimum atomic E-state index is -0.911. The standard InChI is InChI=1S/C18H23BrO3/c1-6-12-9-14(19)8-7-13(12)10-15-16(20)18(4,11-21-5)22-17(15,2)3/h7-10H,6,11H2,1-5H3. The second kappa shape index (κ2) is 6.26. The maximum atomic E-state index is 12.8. The van der Waals surface area contributed by atoms with Crippen LogP contribution in [-0.4, -0.2) is 30.7 Å². The van der Waals surface area contributed by atoms with Crippen molar-refractivity contribution in [1.82, 2.24) is 0 Å². The highest BCUT2D eigenvalue weighted by Gasteiger charge is 2.52. The number of hydrogen-bond acceptors (Lipinski definition) is 3. The maximum absolute atomic E-state index is 12.8. The van der Waals surface area contributed by atoms with Crippen LogP contribution in [0.15, 0.2) is 28.2 Å². The molecular formula is C18H23BrO3. The molecular weight excluding hydrogens is 344 g/mol. The maximum Gasteiger partial charge on any atom is 0.195 e. The fourth-order valence-corrected chi connectivity index (χ4v) is 3.42. The Labute approximate surface area is 140 Å². The lowest BCUT2D eigenvalue weighted by atomic mass is 9.89. The number of carbonyl (C=O) groups excluding carboxylic acids is 1. The predicted octanol–water partition coefficient (Wildman–Crippen LogP) is 4.18. The number of benzene rings is 1. The van der Waals surface area contributed by atoms with Crippen molar-refractivity contribution in [2.75, 3.05) is 13.7 Å². The van der Waals surface area contributed by atoms with Gasteiger partial charge < -0.3 is 9.47 Å². The number of halogens is 1. The summed E-state index contributed by atoms with van der Waals surface area (Å²) in [5.41, 5.74) is 1.43. The molecule has 0 amide bonds. The highest BCUT2D eigenvalue weighted by Crippen LogP contribution is 2.40. The summed E-state index contributed by atoms with van der Waals surface area (Å²) in [5, 5.41) is 0. The summed E-state index contributed by atoms with van der Waals surface area (Å²) in [4.78, 5) is 12.8. The van der Waals surface area contributed by atoms with Gasteiger partial charge in [0, 0.05) is 17.2 Å². The van der Waals surface area contributed by atoms with E-state index in [1.165, 1.54) is 5.56 Å². The first kappa shape index (κ1) is 17.4. The molecule has 0 N–H and O–H groups in total. The Bertz CT molecular complexity index is 619. The van der Waals surface area contributed by atoms with Crippen molar-refractivity contribution in [2.24, 2.45) is 0 Å². The van der Waals surface area contributed by atoms with Crippen molar-refractivity contribution in [2.45, 2.75) is 45.3 Å². The Morgan fingerprint density at radius 3 is 2.59 bits per heavy atom. The fourth-order valence-electron chi connectivity index (χ4n) is 3.01. The van der Waals surface area contributed by atoms with Crippen molar-refractivity contribution in [3.63, 3.8) is 0 Å². The highest BCUT2D eigenvalue weighted by molar-refractivity contribution is 9.10. The van der Waals surface area contributed by atoms with E-state index in [9.17, 15) is 4.79 Å². The van der Waals surface area contributed by atoms with Gasteiger partial charge in [-0.1, -0.05) is 28.9 Å². The van der Waals surface area contributed by atoms with Crippen molar-refractivity contribution >= 4 is 27.8 Å². The van der Waals surface area contributed by atoms with Crippen molar-refractivity contribution in [1.29, 1.82) is 0 Å². The normalized spacial score (nSPS) is 25.9. The lowest BCUT2D eigenvalue weighted by Crippen LogP contribution is -2.38. The fraction of sp³-hybridized carbons (Fsp3) is 0.500. The van der Waals surface area contributed by atoms with E-state index in [0.717, 1.165) is 16.5 Å². The molecule has 0 radical (unpaired) electrons. The van der Waals surface area contributed by atoms with Gasteiger partial charge in [0.05, 0.1) is 12.2 Å². The third kappa shape index (κ3) is 3.19. The average Bonchev–Trinajstić information content (AvgIpc) is 2.60. The van der Waals surface area contributed by atoms with Crippen LogP contribution in [0.3, 0.4) is 0 Å². The van der Waals surface area contributed by atoms with Gasteiger partial charge >= 0.3 is 0 Å². The summed E-state index contributed by atoms with van der Waals surface area (Å²) < 4.78 is 12.2. The van der Waals surface area contributed by atoms with Crippen LogP contribution in [0.4, 0.5) is 0 Å². The molecule has 1 fully saturated rings. The van der Waals surface area contributed by atoms with Gasteiger partial charge in [0.15, 0.2) is 11.4 Å². The van der Waals surface area contributed by atoms with Crippen LogP contribution in [0.2, 0.25) is 0 Å². The number of ketones is 1. The van der Waals surface area contributed by atoms with Gasteiger partial charge in [0.2, 0.25) is 0 Å². The molecule has 1 aromatic carbocycles. The van der Waals surface area contributed by atoms with Gasteiger partial charge in [-0.15, -0.1) is 0 Å². The van der Waals surface area contributed by atoms with Crippen LogP contribution < -0.4 is 0 Å². The molecule has 2 rings (SSSR count). The zero-order valence-electron chi connectivity index (χ0n) is 13.8. The van der Waals surface area contributed by atoms with Crippen LogP contribution in [0.5, 0.6) is 0 Å². The molecule has 0 saturated carbocycles. The molecule has 1 unspecified atom stereocenters. The van der Waals surface area contributed by atoms with Crippen molar-refractivity contribution < 1.29 is 14.3 Å². The van der Waals surface area contributed by atoms with Crippen molar-refractivity contribution in [3.05, 3.63) is 39.4 Å². The lowest BCUT2D eigenvalue weighted by Gasteiger charge is -2.25. The lowest BCUT2D eigenvalue weighted by molar-refractivity contribution is -0.143. The van der Waals surface area contributed by atoms with Gasteiger partial charge in [-0.05, 0) is 56.5 Å². The molecule has 1 aliphatic heterocycles. The van der Waals surface area contributed by atoms with Gasteiger partial charge in [-0.3, -0.25) is 4.79 Å². The zero-order valence-corrected chi connectivity index (χ0v) is 15.4. The molecule has 120 valence electrons. The second-order valence-corrected chi connectivity index (χ2v) is 7.28. The van der Waals surface area contributed by atoms with Crippen LogP contribution in [0, 0.1) is 0 Å². The summed E-state index contributed by atoms with van der Waals surface area (Å²) >= 11 is 3.49. The first-order valence-electron chi connectivity index (χ1n) is 7.48. The Morgan fingerprint density at radius 1 is 1.32 bits per heavy atom. The Kier molecular flexibility index (Phi) is 4.95. The average molecular weight is 367 g/mol. The molecule has 1 atom stereocenters. The minimum Gasteiger partial charge on any atom is -0.381 e. The molecule has 0 aliphatic carbocycles. The third-order valence-electron chi connectivity index (χ3n) is 4.06. The van der Waals surface area contributed by atoms with E-state index in [4.69, 9.17) is 9.47 Å². The van der Waals surface area contributed by atoms with E-state index in [2.05, 4.69) is 28.9 Å². The number of ether oxygens (including phenoxy) is 2. The molecule has 0 bridgehead atoms. The van der Waals surface area contributed by atoms with Gasteiger partial charge in [-0.2, -0.15) is 0 Å². The molecule has 1 heterocycles. The molecule has 4 heteroatoms. The summed E-state index contributed by atoms with van der Waals surface area (Å²) in [5.74, 6) is 0.00400. The minimum absolute atomic E-state index is 0.00400. The number of carbonyl (C=O) groups is 1. The molecule has 3 nitrogen and oxygen atoms in total. The summed E-state index contributed by atoms with van der Waals surface area (Å²) in [6, 6.07) is 6.12. The first-order chi connectivity index (χ1) is 10.2. The topological polar surface area (TPSA) is 35.5 Å². The summed E-state index contributed by atoms with van der Waals surface area (Å²) in [6.07, 6.45) is 2.87. The van der Waals surface area contributed by atoms with Gasteiger partial charge in [0.25, 0.3) is 0 Å². The molecule has 0 spiro atoms. The molecule has 1 aliphatic rings. The molecule has 1 saturated heterocycles. The zero-order chi connectivity index (χ0) is 16.5. The van der Waals surface area contributed by atoms with Crippen molar-refractivity contribution in [3.8, 4) is 0 Å². The Hall–Kier alpha value is -0.970. The molecule has 22 heavy (non-hydrogen) atoms. The van der Waals surface area contributed by atoms with E-state index in [1.54, 1.807) is 14.0 Å². The largest absolute Gasteiger partial charge is 0.381 e. The number of Topliss-reactive ketones (excluding diaryl/α,β-unsaturated/α-hetero) is 1. The highest BCUT2D eigenvalue weighted by atomic mass is 79.9. The molecule has 0 aromatic heterocycles.